The van der Waals surface area contributed by atoms with Crippen LogP contribution in [0.25, 0.3) is 11.4 Å². The number of carbonyl (C=O) groups excluding carboxylic acids is 1. The Bertz CT molecular complexity index is 1010. The number of ether oxygens (including phenoxy) is 2. The van der Waals surface area contributed by atoms with Crippen molar-refractivity contribution in [2.45, 2.75) is 25.7 Å². The maximum Gasteiger partial charge on any atom is 0.232 e. The Kier molecular flexibility index (Phi) is 5.20. The van der Waals surface area contributed by atoms with E-state index in [1.165, 1.54) is 0 Å². The number of aromatic nitrogens is 2. The first kappa shape index (κ1) is 19.0. The van der Waals surface area contributed by atoms with Gasteiger partial charge in [0, 0.05) is 30.3 Å². The fourth-order valence-corrected chi connectivity index (χ4v) is 3.63. The molecule has 0 spiro atoms. The van der Waals surface area contributed by atoms with Gasteiger partial charge in [-0.1, -0.05) is 30.3 Å². The molecule has 0 aliphatic carbocycles. The largest absolute Gasteiger partial charge is 0.497 e. The number of para-hydroxylation sites is 1. The Morgan fingerprint density at radius 2 is 1.86 bits per heavy atom. The maximum absolute atomic E-state index is 12.7. The summed E-state index contributed by atoms with van der Waals surface area (Å²) in [5.41, 5.74) is 2.84. The molecule has 2 aromatic carbocycles. The lowest BCUT2D eigenvalue weighted by molar-refractivity contribution is -0.117. The third-order valence-electron chi connectivity index (χ3n) is 5.19. The molecular formula is C22H23N3O4. The van der Waals surface area contributed by atoms with E-state index in [9.17, 15) is 4.79 Å². The highest BCUT2D eigenvalue weighted by molar-refractivity contribution is 5.97. The predicted octanol–water partition coefficient (Wildman–Crippen LogP) is 3.84. The molecule has 7 heteroatoms. The van der Waals surface area contributed by atoms with E-state index >= 15 is 0 Å². The van der Waals surface area contributed by atoms with Crippen LogP contribution < -0.4 is 14.4 Å². The van der Waals surface area contributed by atoms with Gasteiger partial charge in [-0.25, -0.2) is 0 Å². The van der Waals surface area contributed by atoms with Gasteiger partial charge < -0.3 is 18.9 Å². The van der Waals surface area contributed by atoms with E-state index in [4.69, 9.17) is 14.0 Å². The molecule has 1 aliphatic rings. The summed E-state index contributed by atoms with van der Waals surface area (Å²) in [6, 6.07) is 13.4. The van der Waals surface area contributed by atoms with Gasteiger partial charge in [0.15, 0.2) is 0 Å². The lowest BCUT2D eigenvalue weighted by atomic mass is 10.1. The van der Waals surface area contributed by atoms with E-state index < -0.39 is 0 Å². The van der Waals surface area contributed by atoms with Gasteiger partial charge in [-0.05, 0) is 30.2 Å². The van der Waals surface area contributed by atoms with Gasteiger partial charge in [0.2, 0.25) is 17.6 Å². The number of aryl methyl sites for hydroxylation is 1. The molecule has 0 bridgehead atoms. The Morgan fingerprint density at radius 1 is 1.14 bits per heavy atom. The van der Waals surface area contributed by atoms with E-state index in [2.05, 4.69) is 23.1 Å². The summed E-state index contributed by atoms with van der Waals surface area (Å²) in [7, 11) is 3.18. The van der Waals surface area contributed by atoms with Crippen LogP contribution >= 0.6 is 0 Å². The van der Waals surface area contributed by atoms with Gasteiger partial charge in [-0.15, -0.1) is 0 Å². The van der Waals surface area contributed by atoms with Crippen molar-refractivity contribution < 1.29 is 18.8 Å². The van der Waals surface area contributed by atoms with Crippen LogP contribution in [-0.4, -0.2) is 36.8 Å². The second-order valence-corrected chi connectivity index (χ2v) is 6.95. The van der Waals surface area contributed by atoms with Crippen molar-refractivity contribution in [2.24, 2.45) is 0 Å². The number of hydrogen-bond donors (Lipinski definition) is 0. The summed E-state index contributed by atoms with van der Waals surface area (Å²) in [6.07, 6.45) is 1.22. The molecule has 1 aliphatic heterocycles. The second-order valence-electron chi connectivity index (χ2n) is 6.95. The predicted molar refractivity (Wildman–Crippen MR) is 108 cm³/mol. The molecular weight excluding hydrogens is 370 g/mol. The Balaban J connectivity index is 1.59. The summed E-state index contributed by atoms with van der Waals surface area (Å²) < 4.78 is 16.1. The molecule has 150 valence electrons. The van der Waals surface area contributed by atoms with Crippen molar-refractivity contribution in [3.63, 3.8) is 0 Å². The quantitative estimate of drug-likeness (QED) is 0.633. The highest BCUT2D eigenvalue weighted by atomic mass is 16.5. The van der Waals surface area contributed by atoms with Crippen molar-refractivity contribution in [3.8, 4) is 22.9 Å². The van der Waals surface area contributed by atoms with Crippen molar-refractivity contribution in [1.29, 1.82) is 0 Å². The SMILES string of the molecule is CCc1ccccc1N1CC(c2nc(-c3cc(OC)cc(OC)c3)no2)CC1=O. The Morgan fingerprint density at radius 3 is 2.55 bits per heavy atom. The number of benzene rings is 2. The van der Waals surface area contributed by atoms with E-state index in [1.54, 1.807) is 20.3 Å². The normalized spacial score (nSPS) is 16.3. The molecule has 1 amide bonds. The van der Waals surface area contributed by atoms with Crippen molar-refractivity contribution in [3.05, 3.63) is 53.9 Å². The first-order chi connectivity index (χ1) is 14.1. The minimum Gasteiger partial charge on any atom is -0.497 e. The van der Waals surface area contributed by atoms with Crippen LogP contribution in [0.15, 0.2) is 47.0 Å². The summed E-state index contributed by atoms with van der Waals surface area (Å²) in [6.45, 7) is 2.61. The smallest absolute Gasteiger partial charge is 0.232 e. The molecule has 0 radical (unpaired) electrons. The molecule has 1 aromatic heterocycles. The van der Waals surface area contributed by atoms with Crippen molar-refractivity contribution in [2.75, 3.05) is 25.7 Å². The Hall–Kier alpha value is -3.35. The van der Waals surface area contributed by atoms with Crippen LogP contribution in [0.3, 0.4) is 0 Å². The van der Waals surface area contributed by atoms with Crippen LogP contribution in [-0.2, 0) is 11.2 Å². The zero-order valence-electron chi connectivity index (χ0n) is 16.7. The molecule has 4 rings (SSSR count). The number of hydrogen-bond acceptors (Lipinski definition) is 6. The van der Waals surface area contributed by atoms with Crippen LogP contribution in [0.2, 0.25) is 0 Å². The molecule has 3 aromatic rings. The lowest BCUT2D eigenvalue weighted by Gasteiger charge is -2.19. The van der Waals surface area contributed by atoms with Gasteiger partial charge in [0.25, 0.3) is 0 Å². The topological polar surface area (TPSA) is 77.7 Å². The van der Waals surface area contributed by atoms with Crippen LogP contribution in [0.1, 0.15) is 30.7 Å². The highest BCUT2D eigenvalue weighted by Gasteiger charge is 2.35. The summed E-state index contributed by atoms with van der Waals surface area (Å²) in [4.78, 5) is 19.0. The van der Waals surface area contributed by atoms with E-state index in [0.29, 0.717) is 36.2 Å². The third-order valence-corrected chi connectivity index (χ3v) is 5.19. The first-order valence-electron chi connectivity index (χ1n) is 9.58. The standard InChI is InChI=1S/C22H23N3O4/c1-4-14-7-5-6-8-19(14)25-13-16(11-20(25)26)22-23-21(24-29-22)15-9-17(27-2)12-18(10-15)28-3/h5-10,12,16H,4,11,13H2,1-3H3. The summed E-state index contributed by atoms with van der Waals surface area (Å²) in [5, 5.41) is 4.11. The molecule has 1 fully saturated rings. The van der Waals surface area contributed by atoms with Crippen LogP contribution in [0.4, 0.5) is 5.69 Å². The zero-order valence-corrected chi connectivity index (χ0v) is 16.7. The number of nitrogens with zero attached hydrogens (tertiary/aromatic N) is 3. The zero-order chi connectivity index (χ0) is 20.4. The van der Waals surface area contributed by atoms with Gasteiger partial charge in [-0.3, -0.25) is 4.79 Å². The van der Waals surface area contributed by atoms with E-state index in [1.807, 2.05) is 35.2 Å². The fourth-order valence-electron chi connectivity index (χ4n) is 3.63. The molecule has 7 nitrogen and oxygen atoms in total. The first-order valence-corrected chi connectivity index (χ1v) is 9.58. The van der Waals surface area contributed by atoms with Crippen LogP contribution in [0.5, 0.6) is 11.5 Å². The van der Waals surface area contributed by atoms with E-state index in [-0.39, 0.29) is 11.8 Å². The minimum atomic E-state index is -0.138. The molecule has 2 heterocycles. The number of carbonyl (C=O) groups is 1. The van der Waals surface area contributed by atoms with E-state index in [0.717, 1.165) is 23.2 Å². The van der Waals surface area contributed by atoms with Gasteiger partial charge in [0.1, 0.15) is 11.5 Å². The minimum absolute atomic E-state index is 0.0682. The number of methoxy groups -OCH3 is 2. The fraction of sp³-hybridized carbons (Fsp3) is 0.318. The number of anilines is 1. The number of amides is 1. The highest BCUT2D eigenvalue weighted by Crippen LogP contribution is 2.34. The average molecular weight is 393 g/mol. The monoisotopic (exact) mass is 393 g/mol. The number of rotatable bonds is 6. The molecule has 0 saturated carbocycles. The van der Waals surface area contributed by atoms with Crippen molar-refractivity contribution >= 4 is 11.6 Å². The average Bonchev–Trinajstić information content (AvgIpc) is 3.40. The maximum atomic E-state index is 12.7. The summed E-state index contributed by atoms with van der Waals surface area (Å²) in [5.74, 6) is 2.12. The van der Waals surface area contributed by atoms with Crippen LogP contribution in [0, 0.1) is 0 Å². The molecule has 1 unspecified atom stereocenters. The molecule has 1 saturated heterocycles. The van der Waals surface area contributed by atoms with Gasteiger partial charge >= 0.3 is 0 Å². The molecule has 1 atom stereocenters. The Labute approximate surface area is 169 Å². The molecule has 0 N–H and O–H groups in total. The lowest BCUT2D eigenvalue weighted by Crippen LogP contribution is -2.25. The van der Waals surface area contributed by atoms with Crippen molar-refractivity contribution in [1.82, 2.24) is 10.1 Å². The second kappa shape index (κ2) is 7.95. The van der Waals surface area contributed by atoms with Gasteiger partial charge in [-0.2, -0.15) is 4.98 Å². The summed E-state index contributed by atoms with van der Waals surface area (Å²) >= 11 is 0. The van der Waals surface area contributed by atoms with Gasteiger partial charge in [0.05, 0.1) is 20.1 Å². The third kappa shape index (κ3) is 3.68. The molecule has 29 heavy (non-hydrogen) atoms.